The van der Waals surface area contributed by atoms with Crippen molar-refractivity contribution in [3.05, 3.63) is 81.7 Å². The molecule has 4 aromatic rings. The second-order valence-corrected chi connectivity index (χ2v) is 10.2. The highest BCUT2D eigenvalue weighted by Crippen LogP contribution is 2.28. The second kappa shape index (κ2) is 8.86. The highest BCUT2D eigenvalue weighted by molar-refractivity contribution is 7.93. The summed E-state index contributed by atoms with van der Waals surface area (Å²) in [5.41, 5.74) is 1.11. The molecule has 2 N–H and O–H groups in total. The highest BCUT2D eigenvalue weighted by atomic mass is 32.2. The molecule has 0 radical (unpaired) electrons. The molecule has 9 nitrogen and oxygen atoms in total. The summed E-state index contributed by atoms with van der Waals surface area (Å²) in [4.78, 5) is 27.1. The second-order valence-electron chi connectivity index (χ2n) is 6.37. The Morgan fingerprint density at radius 3 is 2.47 bits per heavy atom. The quantitative estimate of drug-likeness (QED) is 0.221. The van der Waals surface area contributed by atoms with Gasteiger partial charge >= 0.3 is 5.00 Å². The first-order valence-electron chi connectivity index (χ1n) is 9.02. The van der Waals surface area contributed by atoms with Crippen molar-refractivity contribution in [2.45, 2.75) is 4.90 Å². The molecule has 0 aliphatic carbocycles. The number of hydrogen-bond donors (Lipinski definition) is 2. The first-order chi connectivity index (χ1) is 15.3. The molecule has 0 fully saturated rings. The summed E-state index contributed by atoms with van der Waals surface area (Å²) in [6, 6.07) is 15.9. The Labute approximate surface area is 190 Å². The number of carbonyl (C=O) groups is 1. The average Bonchev–Trinajstić information content (AvgIpc) is 3.39. The lowest BCUT2D eigenvalue weighted by atomic mass is 10.3. The number of anilines is 2. The number of nitrogens with one attached hydrogen (secondary N) is 2. The van der Waals surface area contributed by atoms with E-state index in [0.29, 0.717) is 16.1 Å². The van der Waals surface area contributed by atoms with Crippen molar-refractivity contribution >= 4 is 70.7 Å². The molecule has 0 bridgehead atoms. The summed E-state index contributed by atoms with van der Waals surface area (Å²) < 4.78 is 28.6. The zero-order valence-corrected chi connectivity index (χ0v) is 18.5. The van der Waals surface area contributed by atoms with Crippen molar-refractivity contribution in [3.8, 4) is 0 Å². The summed E-state index contributed by atoms with van der Waals surface area (Å²) >= 11 is 2.19. The molecule has 0 saturated carbocycles. The largest absolute Gasteiger partial charge is 0.324 e. The van der Waals surface area contributed by atoms with Crippen LogP contribution in [0.15, 0.2) is 71.6 Å². The maximum atomic E-state index is 12.6. The fourth-order valence-electron chi connectivity index (χ4n) is 2.68. The molecule has 0 aliphatic heterocycles. The zero-order chi connectivity index (χ0) is 22.7. The van der Waals surface area contributed by atoms with Gasteiger partial charge in [-0.05, 0) is 48.5 Å². The fraction of sp³-hybridized carbons (Fsp3) is 0. The number of aromatic nitrogens is 1. The van der Waals surface area contributed by atoms with Crippen LogP contribution in [0.2, 0.25) is 0 Å². The third kappa shape index (κ3) is 4.99. The van der Waals surface area contributed by atoms with Gasteiger partial charge in [0.25, 0.3) is 10.0 Å². The van der Waals surface area contributed by atoms with E-state index in [1.165, 1.54) is 53.8 Å². The number of thiophene rings is 1. The number of nitrogens with zero attached hydrogens (tertiary/aromatic N) is 2. The van der Waals surface area contributed by atoms with Crippen molar-refractivity contribution in [3.63, 3.8) is 0 Å². The molecule has 0 aliphatic rings. The number of hydrogen-bond acceptors (Lipinski definition) is 8. The molecule has 0 saturated heterocycles. The fourth-order valence-corrected chi connectivity index (χ4v) is 5.50. The molecule has 162 valence electrons. The number of fused-ring (bicyclic) bond motifs is 1. The molecule has 2 aromatic carbocycles. The number of para-hydroxylation sites is 1. The van der Waals surface area contributed by atoms with Crippen LogP contribution in [0, 0.1) is 10.1 Å². The van der Waals surface area contributed by atoms with Crippen LogP contribution in [-0.4, -0.2) is 24.2 Å². The van der Waals surface area contributed by atoms with E-state index >= 15 is 0 Å². The van der Waals surface area contributed by atoms with Gasteiger partial charge in [-0.3, -0.25) is 19.6 Å². The molecule has 0 atom stereocenters. The molecule has 2 heterocycles. The van der Waals surface area contributed by atoms with Gasteiger partial charge in [-0.15, -0.1) is 0 Å². The predicted molar refractivity (Wildman–Crippen MR) is 126 cm³/mol. The summed E-state index contributed by atoms with van der Waals surface area (Å²) in [6.45, 7) is 0. The standard InChI is InChI=1S/C20H14N4O5S3/c25-18(11-7-14-8-12-19(30-14)24(26)27)21-13-5-9-15(10-6-13)32(28,29)23-20-22-16-3-1-2-4-17(16)31-20/h1-12H,(H,21,25)(H,22,23)/b11-7+. The Hall–Kier alpha value is -3.61. The maximum Gasteiger partial charge on any atom is 0.324 e. The molecule has 4 rings (SSSR count). The minimum Gasteiger partial charge on any atom is -0.323 e. The lowest BCUT2D eigenvalue weighted by Gasteiger charge is -2.07. The van der Waals surface area contributed by atoms with Crippen LogP contribution in [0.3, 0.4) is 0 Å². The van der Waals surface area contributed by atoms with Crippen molar-refractivity contribution in [2.75, 3.05) is 10.0 Å². The minimum absolute atomic E-state index is 0.0127. The van der Waals surface area contributed by atoms with Crippen molar-refractivity contribution < 1.29 is 18.1 Å². The lowest BCUT2D eigenvalue weighted by molar-refractivity contribution is -0.380. The molecular weight excluding hydrogens is 472 g/mol. The van der Waals surface area contributed by atoms with E-state index in [4.69, 9.17) is 0 Å². The number of amides is 1. The van der Waals surface area contributed by atoms with Crippen LogP contribution >= 0.6 is 22.7 Å². The minimum atomic E-state index is -3.84. The van der Waals surface area contributed by atoms with Crippen LogP contribution in [0.4, 0.5) is 15.8 Å². The molecule has 12 heteroatoms. The van der Waals surface area contributed by atoms with Crippen molar-refractivity contribution in [1.82, 2.24) is 4.98 Å². The van der Waals surface area contributed by atoms with Gasteiger partial charge in [0.1, 0.15) is 0 Å². The normalized spacial score (nSPS) is 11.6. The zero-order valence-electron chi connectivity index (χ0n) is 16.1. The van der Waals surface area contributed by atoms with Crippen LogP contribution in [0.25, 0.3) is 16.3 Å². The van der Waals surface area contributed by atoms with Gasteiger partial charge in [-0.1, -0.05) is 34.8 Å². The summed E-state index contributed by atoms with van der Waals surface area (Å²) in [5.74, 6) is -0.454. The van der Waals surface area contributed by atoms with E-state index in [2.05, 4.69) is 15.0 Å². The van der Waals surface area contributed by atoms with E-state index < -0.39 is 20.9 Å². The highest BCUT2D eigenvalue weighted by Gasteiger charge is 2.17. The molecule has 0 spiro atoms. The van der Waals surface area contributed by atoms with Crippen LogP contribution < -0.4 is 10.0 Å². The first-order valence-corrected chi connectivity index (χ1v) is 12.1. The van der Waals surface area contributed by atoms with Crippen LogP contribution in [0.1, 0.15) is 4.88 Å². The van der Waals surface area contributed by atoms with Gasteiger partial charge in [0.05, 0.1) is 20.0 Å². The van der Waals surface area contributed by atoms with Crippen LogP contribution in [-0.2, 0) is 14.8 Å². The smallest absolute Gasteiger partial charge is 0.323 e. The molecular formula is C20H14N4O5S3. The summed E-state index contributed by atoms with van der Waals surface area (Å²) in [5, 5.41) is 13.6. The summed E-state index contributed by atoms with van der Waals surface area (Å²) in [7, 11) is -3.84. The van der Waals surface area contributed by atoms with E-state index in [1.54, 1.807) is 12.1 Å². The van der Waals surface area contributed by atoms with Crippen LogP contribution in [0.5, 0.6) is 0 Å². The monoisotopic (exact) mass is 486 g/mol. The molecule has 2 aromatic heterocycles. The molecule has 0 unspecified atom stereocenters. The molecule has 32 heavy (non-hydrogen) atoms. The lowest BCUT2D eigenvalue weighted by Crippen LogP contribution is -2.13. The number of benzene rings is 2. The number of sulfonamides is 1. The van der Waals surface area contributed by atoms with Crippen molar-refractivity contribution in [1.29, 1.82) is 0 Å². The van der Waals surface area contributed by atoms with Gasteiger partial charge in [0, 0.05) is 22.7 Å². The number of nitro groups is 1. The van der Waals surface area contributed by atoms with Gasteiger partial charge in [-0.2, -0.15) is 0 Å². The third-order valence-corrected chi connectivity index (χ3v) is 7.58. The summed E-state index contributed by atoms with van der Waals surface area (Å²) in [6.07, 6.45) is 2.71. The Kier molecular flexibility index (Phi) is 5.99. The van der Waals surface area contributed by atoms with Gasteiger partial charge < -0.3 is 5.32 Å². The van der Waals surface area contributed by atoms with E-state index in [-0.39, 0.29) is 15.0 Å². The SMILES string of the molecule is O=C(/C=C/c1ccc([N+](=O)[O-])s1)Nc1ccc(S(=O)(=O)Nc2nc3ccccc3s2)cc1. The van der Waals surface area contributed by atoms with Crippen molar-refractivity contribution in [2.24, 2.45) is 0 Å². The Bertz CT molecular complexity index is 1410. The van der Waals surface area contributed by atoms with E-state index in [9.17, 15) is 23.3 Å². The Morgan fingerprint density at radius 1 is 1.03 bits per heavy atom. The Balaban J connectivity index is 1.40. The van der Waals surface area contributed by atoms with Gasteiger partial charge in [0.2, 0.25) is 5.91 Å². The van der Waals surface area contributed by atoms with E-state index in [0.717, 1.165) is 16.0 Å². The first kappa shape index (κ1) is 21.6. The Morgan fingerprint density at radius 2 is 1.78 bits per heavy atom. The van der Waals surface area contributed by atoms with Gasteiger partial charge in [0.15, 0.2) is 5.13 Å². The third-order valence-electron chi connectivity index (χ3n) is 4.14. The maximum absolute atomic E-state index is 12.6. The predicted octanol–water partition coefficient (Wildman–Crippen LogP) is 4.72. The molecule has 1 amide bonds. The number of thiazole rings is 1. The topological polar surface area (TPSA) is 131 Å². The average molecular weight is 487 g/mol. The van der Waals surface area contributed by atoms with Gasteiger partial charge in [-0.25, -0.2) is 13.4 Å². The number of carbonyl (C=O) groups excluding carboxylic acids is 1. The number of rotatable bonds is 7. The van der Waals surface area contributed by atoms with E-state index in [1.807, 2.05) is 18.2 Å².